The van der Waals surface area contributed by atoms with E-state index >= 15 is 0 Å². The Hall–Kier alpha value is -1.84. The van der Waals surface area contributed by atoms with Crippen LogP contribution in [0.4, 0.5) is 0 Å². The second-order valence-corrected chi connectivity index (χ2v) is 6.27. The van der Waals surface area contributed by atoms with E-state index in [4.69, 9.17) is 9.47 Å². The molecule has 1 N–H and O–H groups in total. The Bertz CT molecular complexity index is 600. The zero-order chi connectivity index (χ0) is 15.6. The minimum atomic E-state index is -0.541. The van der Waals surface area contributed by atoms with Crippen molar-refractivity contribution in [1.82, 2.24) is 0 Å². The van der Waals surface area contributed by atoms with Crippen molar-refractivity contribution in [3.63, 3.8) is 0 Å². The van der Waals surface area contributed by atoms with Gasteiger partial charge in [-0.15, -0.1) is 0 Å². The maximum absolute atomic E-state index is 9.73. The quantitative estimate of drug-likeness (QED) is 0.833. The van der Waals surface area contributed by atoms with Crippen LogP contribution in [-0.2, 0) is 10.2 Å². The molecule has 3 rings (SSSR count). The molecule has 2 atom stereocenters. The summed E-state index contributed by atoms with van der Waals surface area (Å²) in [6, 6.07) is 18.6. The molecule has 0 bridgehead atoms. The van der Waals surface area contributed by atoms with Crippen molar-refractivity contribution >= 4 is 0 Å². The van der Waals surface area contributed by atoms with Crippen molar-refractivity contribution < 1.29 is 14.6 Å². The highest BCUT2D eigenvalue weighted by molar-refractivity contribution is 5.39. The SMILES string of the molecule is CC(C)(c1ccccc1)c1ccc(OCC(O)C2CO2)cc1. The predicted molar refractivity (Wildman–Crippen MR) is 86.3 cm³/mol. The Labute approximate surface area is 131 Å². The summed E-state index contributed by atoms with van der Waals surface area (Å²) in [4.78, 5) is 0. The molecule has 0 aliphatic carbocycles. The normalized spacial score (nSPS) is 18.8. The van der Waals surface area contributed by atoms with Gasteiger partial charge in [0.1, 0.15) is 24.6 Å². The number of aliphatic hydroxyl groups is 1. The lowest BCUT2D eigenvalue weighted by molar-refractivity contribution is 0.0809. The molecule has 0 saturated carbocycles. The first-order chi connectivity index (χ1) is 10.6. The second-order valence-electron chi connectivity index (χ2n) is 6.27. The van der Waals surface area contributed by atoms with Gasteiger partial charge in [-0.2, -0.15) is 0 Å². The van der Waals surface area contributed by atoms with Gasteiger partial charge in [-0.1, -0.05) is 56.3 Å². The van der Waals surface area contributed by atoms with Gasteiger partial charge >= 0.3 is 0 Å². The van der Waals surface area contributed by atoms with Crippen molar-refractivity contribution in [1.29, 1.82) is 0 Å². The largest absolute Gasteiger partial charge is 0.491 e. The zero-order valence-electron chi connectivity index (χ0n) is 13.0. The van der Waals surface area contributed by atoms with E-state index in [9.17, 15) is 5.11 Å². The summed E-state index contributed by atoms with van der Waals surface area (Å²) in [5, 5.41) is 9.73. The molecule has 22 heavy (non-hydrogen) atoms. The van der Waals surface area contributed by atoms with E-state index in [2.05, 4.69) is 50.2 Å². The highest BCUT2D eigenvalue weighted by atomic mass is 16.6. The molecule has 2 aromatic carbocycles. The summed E-state index contributed by atoms with van der Waals surface area (Å²) in [7, 11) is 0. The molecule has 1 heterocycles. The summed E-state index contributed by atoms with van der Waals surface area (Å²) in [6.45, 7) is 5.33. The van der Waals surface area contributed by atoms with Crippen molar-refractivity contribution in [2.45, 2.75) is 31.5 Å². The van der Waals surface area contributed by atoms with E-state index in [0.717, 1.165) is 5.75 Å². The van der Waals surface area contributed by atoms with E-state index in [1.807, 2.05) is 18.2 Å². The molecule has 2 aromatic rings. The van der Waals surface area contributed by atoms with Gasteiger partial charge in [0.05, 0.1) is 6.61 Å². The maximum atomic E-state index is 9.73. The van der Waals surface area contributed by atoms with E-state index in [0.29, 0.717) is 6.61 Å². The Morgan fingerprint density at radius 2 is 1.68 bits per heavy atom. The fourth-order valence-electron chi connectivity index (χ4n) is 2.56. The number of hydrogen-bond acceptors (Lipinski definition) is 3. The van der Waals surface area contributed by atoms with Gasteiger partial charge in [0.15, 0.2) is 0 Å². The molecule has 1 saturated heterocycles. The highest BCUT2D eigenvalue weighted by Crippen LogP contribution is 2.32. The van der Waals surface area contributed by atoms with E-state index in [1.165, 1.54) is 11.1 Å². The van der Waals surface area contributed by atoms with Crippen LogP contribution in [0.2, 0.25) is 0 Å². The van der Waals surface area contributed by atoms with Gasteiger partial charge in [-0.05, 0) is 23.3 Å². The second kappa shape index (κ2) is 6.11. The monoisotopic (exact) mass is 298 g/mol. The molecule has 2 unspecified atom stereocenters. The van der Waals surface area contributed by atoms with Crippen molar-refractivity contribution in [2.75, 3.05) is 13.2 Å². The molecule has 0 amide bonds. The lowest BCUT2D eigenvalue weighted by Gasteiger charge is -2.26. The number of aliphatic hydroxyl groups excluding tert-OH is 1. The maximum Gasteiger partial charge on any atom is 0.119 e. The molecule has 0 aromatic heterocycles. The van der Waals surface area contributed by atoms with Crippen LogP contribution < -0.4 is 4.74 Å². The van der Waals surface area contributed by atoms with Crippen LogP contribution in [0, 0.1) is 0 Å². The molecule has 1 aliphatic heterocycles. The third-order valence-electron chi connectivity index (χ3n) is 4.28. The third kappa shape index (κ3) is 3.32. The standard InChI is InChI=1S/C19H22O3/c1-19(2,14-6-4-3-5-7-14)15-8-10-16(11-9-15)21-12-17(20)18-13-22-18/h3-11,17-18,20H,12-13H2,1-2H3. The third-order valence-corrected chi connectivity index (χ3v) is 4.28. The van der Waals surface area contributed by atoms with E-state index in [-0.39, 0.29) is 18.1 Å². The smallest absolute Gasteiger partial charge is 0.119 e. The van der Waals surface area contributed by atoms with Crippen LogP contribution in [-0.4, -0.2) is 30.5 Å². The summed E-state index contributed by atoms with van der Waals surface area (Å²) >= 11 is 0. The van der Waals surface area contributed by atoms with Gasteiger partial charge < -0.3 is 14.6 Å². The average Bonchev–Trinajstić information content (AvgIpc) is 3.39. The average molecular weight is 298 g/mol. The van der Waals surface area contributed by atoms with Gasteiger partial charge in [-0.25, -0.2) is 0 Å². The van der Waals surface area contributed by atoms with Gasteiger partial charge in [0.25, 0.3) is 0 Å². The lowest BCUT2D eigenvalue weighted by atomic mass is 9.78. The number of rotatable bonds is 6. The minimum absolute atomic E-state index is 0.0451. The van der Waals surface area contributed by atoms with Crippen molar-refractivity contribution in [3.8, 4) is 5.75 Å². The Balaban J connectivity index is 1.68. The summed E-state index contributed by atoms with van der Waals surface area (Å²) < 4.78 is 10.7. The Morgan fingerprint density at radius 3 is 2.27 bits per heavy atom. The fraction of sp³-hybridized carbons (Fsp3) is 0.368. The zero-order valence-corrected chi connectivity index (χ0v) is 13.0. The molecule has 1 fully saturated rings. The summed E-state index contributed by atoms with van der Waals surface area (Å²) in [6.07, 6.45) is -0.586. The minimum Gasteiger partial charge on any atom is -0.491 e. The van der Waals surface area contributed by atoms with Crippen LogP contribution in [0.5, 0.6) is 5.75 Å². The Kier molecular flexibility index (Phi) is 4.19. The first-order valence-electron chi connectivity index (χ1n) is 7.66. The van der Waals surface area contributed by atoms with Crippen molar-refractivity contribution in [3.05, 3.63) is 65.7 Å². The van der Waals surface area contributed by atoms with Crippen LogP contribution >= 0.6 is 0 Å². The molecular formula is C19H22O3. The van der Waals surface area contributed by atoms with Crippen LogP contribution in [0.15, 0.2) is 54.6 Å². The number of benzene rings is 2. The fourth-order valence-corrected chi connectivity index (χ4v) is 2.56. The number of hydrogen-bond donors (Lipinski definition) is 1. The van der Waals surface area contributed by atoms with Crippen LogP contribution in [0.3, 0.4) is 0 Å². The molecule has 0 spiro atoms. The Morgan fingerprint density at radius 1 is 1.09 bits per heavy atom. The van der Waals surface area contributed by atoms with E-state index in [1.54, 1.807) is 0 Å². The van der Waals surface area contributed by atoms with Crippen LogP contribution in [0.1, 0.15) is 25.0 Å². The number of epoxide rings is 1. The summed E-state index contributed by atoms with van der Waals surface area (Å²) in [5.41, 5.74) is 2.46. The molecule has 0 radical (unpaired) electrons. The first kappa shape index (κ1) is 15.1. The number of ether oxygens (including phenoxy) is 2. The molecule has 116 valence electrons. The first-order valence-corrected chi connectivity index (χ1v) is 7.66. The lowest BCUT2D eigenvalue weighted by Crippen LogP contribution is -2.23. The molecule has 3 nitrogen and oxygen atoms in total. The van der Waals surface area contributed by atoms with Gasteiger partial charge in [-0.3, -0.25) is 0 Å². The van der Waals surface area contributed by atoms with Crippen molar-refractivity contribution in [2.24, 2.45) is 0 Å². The van der Waals surface area contributed by atoms with E-state index < -0.39 is 6.10 Å². The molecule has 1 aliphatic rings. The van der Waals surface area contributed by atoms with Gasteiger partial charge in [0, 0.05) is 5.41 Å². The molecule has 3 heteroatoms. The summed E-state index contributed by atoms with van der Waals surface area (Å²) in [5.74, 6) is 0.771. The highest BCUT2D eigenvalue weighted by Gasteiger charge is 2.31. The predicted octanol–water partition coefficient (Wildman–Crippen LogP) is 3.15. The van der Waals surface area contributed by atoms with Crippen LogP contribution in [0.25, 0.3) is 0 Å². The molecular weight excluding hydrogens is 276 g/mol. The van der Waals surface area contributed by atoms with Gasteiger partial charge in [0.2, 0.25) is 0 Å². The topological polar surface area (TPSA) is 42.0 Å².